The van der Waals surface area contributed by atoms with E-state index in [1.165, 1.54) is 19.3 Å². The number of amides is 1. The molecule has 106 valence electrons. The fourth-order valence-corrected chi connectivity index (χ4v) is 2.91. The van der Waals surface area contributed by atoms with Crippen molar-refractivity contribution in [3.8, 4) is 0 Å². The Kier molecular flexibility index (Phi) is 4.24. The predicted octanol–water partition coefficient (Wildman–Crippen LogP) is 1.97. The van der Waals surface area contributed by atoms with Gasteiger partial charge in [-0.15, -0.1) is 0 Å². The summed E-state index contributed by atoms with van der Waals surface area (Å²) in [6.45, 7) is 2.55. The minimum absolute atomic E-state index is 0.0123. The number of rotatable bonds is 4. The fourth-order valence-electron chi connectivity index (χ4n) is 2.91. The van der Waals surface area contributed by atoms with Crippen LogP contribution in [-0.2, 0) is 11.8 Å². The molecule has 0 unspecified atom stereocenters. The van der Waals surface area contributed by atoms with Crippen LogP contribution in [0, 0.1) is 12.3 Å². The molecule has 19 heavy (non-hydrogen) atoms. The molecular formula is C14H24N4O. The number of aromatic nitrogens is 2. The molecule has 3 N–H and O–H groups in total. The monoisotopic (exact) mass is 264 g/mol. The number of nitrogens with one attached hydrogen (secondary N) is 1. The number of nitrogens with two attached hydrogens (primary N) is 1. The molecule has 1 aliphatic carbocycles. The van der Waals surface area contributed by atoms with E-state index in [0.29, 0.717) is 13.0 Å². The first-order valence-corrected chi connectivity index (χ1v) is 7.05. The van der Waals surface area contributed by atoms with Gasteiger partial charge in [0.1, 0.15) is 0 Å². The Hall–Kier alpha value is -1.36. The molecule has 0 atom stereocenters. The topological polar surface area (TPSA) is 72.9 Å². The molecule has 0 aliphatic heterocycles. The van der Waals surface area contributed by atoms with E-state index in [1.807, 2.05) is 14.0 Å². The quantitative estimate of drug-likeness (QED) is 0.873. The zero-order chi connectivity index (χ0) is 13.9. The van der Waals surface area contributed by atoms with Gasteiger partial charge in [-0.3, -0.25) is 9.48 Å². The number of hydrogen-bond donors (Lipinski definition) is 2. The Morgan fingerprint density at radius 1 is 1.47 bits per heavy atom. The highest BCUT2D eigenvalue weighted by molar-refractivity contribution is 5.91. The standard InChI is InChI=1S/C14H24N4O/c1-11-12(9-16-18(11)2)17-13(19)8-14(10-15)6-4-3-5-7-14/h9H,3-8,10,15H2,1-2H3,(H,17,19). The van der Waals surface area contributed by atoms with Crippen molar-refractivity contribution in [1.82, 2.24) is 9.78 Å². The van der Waals surface area contributed by atoms with Crippen molar-refractivity contribution in [1.29, 1.82) is 0 Å². The molecule has 0 bridgehead atoms. The highest BCUT2D eigenvalue weighted by Crippen LogP contribution is 2.38. The summed E-state index contributed by atoms with van der Waals surface area (Å²) in [7, 11) is 1.87. The second kappa shape index (κ2) is 5.74. The van der Waals surface area contributed by atoms with Crippen molar-refractivity contribution < 1.29 is 4.79 Å². The molecule has 1 aliphatic rings. The van der Waals surface area contributed by atoms with Gasteiger partial charge in [-0.25, -0.2) is 0 Å². The van der Waals surface area contributed by atoms with Gasteiger partial charge < -0.3 is 11.1 Å². The van der Waals surface area contributed by atoms with Gasteiger partial charge in [-0.2, -0.15) is 5.10 Å². The summed E-state index contributed by atoms with van der Waals surface area (Å²) in [4.78, 5) is 12.2. The van der Waals surface area contributed by atoms with Crippen molar-refractivity contribution >= 4 is 11.6 Å². The lowest BCUT2D eigenvalue weighted by Gasteiger charge is -2.35. The first-order valence-electron chi connectivity index (χ1n) is 7.05. The van der Waals surface area contributed by atoms with Gasteiger partial charge in [-0.05, 0) is 31.7 Å². The number of anilines is 1. The Morgan fingerprint density at radius 3 is 2.68 bits per heavy atom. The van der Waals surface area contributed by atoms with E-state index >= 15 is 0 Å². The number of aryl methyl sites for hydroxylation is 1. The van der Waals surface area contributed by atoms with Gasteiger partial charge in [0, 0.05) is 13.5 Å². The fraction of sp³-hybridized carbons (Fsp3) is 0.714. The van der Waals surface area contributed by atoms with Crippen LogP contribution in [0.15, 0.2) is 6.20 Å². The van der Waals surface area contributed by atoms with E-state index in [4.69, 9.17) is 5.73 Å². The maximum Gasteiger partial charge on any atom is 0.225 e. The van der Waals surface area contributed by atoms with Crippen LogP contribution in [0.3, 0.4) is 0 Å². The number of carbonyl (C=O) groups excluding carboxylic acids is 1. The third kappa shape index (κ3) is 3.15. The zero-order valence-corrected chi connectivity index (χ0v) is 11.9. The van der Waals surface area contributed by atoms with Gasteiger partial charge in [0.25, 0.3) is 0 Å². The molecular weight excluding hydrogens is 240 g/mol. The molecule has 0 saturated heterocycles. The van der Waals surface area contributed by atoms with Crippen LogP contribution >= 0.6 is 0 Å². The zero-order valence-electron chi connectivity index (χ0n) is 11.9. The number of hydrogen-bond acceptors (Lipinski definition) is 3. The summed E-state index contributed by atoms with van der Waals surface area (Å²) in [6, 6.07) is 0. The molecule has 1 amide bonds. The molecule has 2 rings (SSSR count). The summed E-state index contributed by atoms with van der Waals surface area (Å²) in [5, 5.41) is 7.09. The molecule has 1 aromatic heterocycles. The molecule has 5 heteroatoms. The van der Waals surface area contributed by atoms with Crippen molar-refractivity contribution in [2.24, 2.45) is 18.2 Å². The van der Waals surface area contributed by atoms with Gasteiger partial charge >= 0.3 is 0 Å². The Labute approximate surface area is 114 Å². The maximum absolute atomic E-state index is 12.2. The molecule has 1 saturated carbocycles. The average molecular weight is 264 g/mol. The lowest BCUT2D eigenvalue weighted by atomic mass is 9.71. The molecule has 0 radical (unpaired) electrons. The van der Waals surface area contributed by atoms with Crippen LogP contribution in [0.25, 0.3) is 0 Å². The summed E-state index contributed by atoms with van der Waals surface area (Å²) < 4.78 is 1.76. The number of carbonyl (C=O) groups is 1. The first-order chi connectivity index (χ1) is 9.06. The average Bonchev–Trinajstić information content (AvgIpc) is 2.72. The van der Waals surface area contributed by atoms with Gasteiger partial charge in [-0.1, -0.05) is 19.3 Å². The second-order valence-corrected chi connectivity index (χ2v) is 5.76. The van der Waals surface area contributed by atoms with Crippen LogP contribution in [0.2, 0.25) is 0 Å². The molecule has 1 aromatic rings. The molecule has 0 spiro atoms. The minimum Gasteiger partial charge on any atom is -0.330 e. The second-order valence-electron chi connectivity index (χ2n) is 5.76. The third-order valence-corrected chi connectivity index (χ3v) is 4.39. The van der Waals surface area contributed by atoms with E-state index in [-0.39, 0.29) is 11.3 Å². The van der Waals surface area contributed by atoms with Crippen molar-refractivity contribution in [2.45, 2.75) is 45.4 Å². The minimum atomic E-state index is 0.0123. The first kappa shape index (κ1) is 14.1. The molecule has 1 fully saturated rings. The van der Waals surface area contributed by atoms with Crippen LogP contribution in [-0.4, -0.2) is 22.2 Å². The van der Waals surface area contributed by atoms with Crippen molar-refractivity contribution in [2.75, 3.05) is 11.9 Å². The predicted molar refractivity (Wildman–Crippen MR) is 75.8 cm³/mol. The molecule has 1 heterocycles. The van der Waals surface area contributed by atoms with E-state index in [2.05, 4.69) is 10.4 Å². The van der Waals surface area contributed by atoms with E-state index < -0.39 is 0 Å². The number of nitrogens with zero attached hydrogens (tertiary/aromatic N) is 2. The Balaban J connectivity index is 1.98. The Morgan fingerprint density at radius 2 is 2.16 bits per heavy atom. The van der Waals surface area contributed by atoms with Gasteiger partial charge in [0.2, 0.25) is 5.91 Å². The van der Waals surface area contributed by atoms with E-state index in [9.17, 15) is 4.79 Å². The molecule has 5 nitrogen and oxygen atoms in total. The lowest BCUT2D eigenvalue weighted by molar-refractivity contribution is -0.118. The normalized spacial score (nSPS) is 18.3. The van der Waals surface area contributed by atoms with Crippen LogP contribution < -0.4 is 11.1 Å². The summed E-state index contributed by atoms with van der Waals surface area (Å²) in [5.41, 5.74) is 7.70. The third-order valence-electron chi connectivity index (χ3n) is 4.39. The smallest absolute Gasteiger partial charge is 0.225 e. The summed E-state index contributed by atoms with van der Waals surface area (Å²) in [6.07, 6.45) is 8.02. The van der Waals surface area contributed by atoms with E-state index in [0.717, 1.165) is 24.2 Å². The van der Waals surface area contributed by atoms with Crippen LogP contribution in [0.4, 0.5) is 5.69 Å². The summed E-state index contributed by atoms with van der Waals surface area (Å²) in [5.74, 6) is 0.0588. The van der Waals surface area contributed by atoms with Crippen LogP contribution in [0.5, 0.6) is 0 Å². The lowest BCUT2D eigenvalue weighted by Crippen LogP contribution is -2.36. The molecule has 0 aromatic carbocycles. The SMILES string of the molecule is Cc1c(NC(=O)CC2(CN)CCCCC2)cnn1C. The maximum atomic E-state index is 12.2. The van der Waals surface area contributed by atoms with E-state index in [1.54, 1.807) is 10.9 Å². The largest absolute Gasteiger partial charge is 0.330 e. The van der Waals surface area contributed by atoms with Gasteiger partial charge in [0.05, 0.1) is 17.6 Å². The Bertz CT molecular complexity index is 446. The van der Waals surface area contributed by atoms with Crippen molar-refractivity contribution in [3.05, 3.63) is 11.9 Å². The summed E-state index contributed by atoms with van der Waals surface area (Å²) >= 11 is 0. The highest BCUT2D eigenvalue weighted by Gasteiger charge is 2.33. The van der Waals surface area contributed by atoms with Crippen molar-refractivity contribution in [3.63, 3.8) is 0 Å². The van der Waals surface area contributed by atoms with Gasteiger partial charge in [0.15, 0.2) is 0 Å². The van der Waals surface area contributed by atoms with Crippen LogP contribution in [0.1, 0.15) is 44.2 Å². The highest BCUT2D eigenvalue weighted by atomic mass is 16.1.